The number of hydrogen-bond donors (Lipinski definition) is 0. The summed E-state index contributed by atoms with van der Waals surface area (Å²) in [7, 11) is -6.19. The number of hydrogen-bond acceptors (Lipinski definition) is 5. The van der Waals surface area contributed by atoms with Gasteiger partial charge >= 0.3 is 21.3 Å². The molecule has 0 aliphatic heterocycles. The second kappa shape index (κ2) is 5.34. The molecule has 108 valence electrons. The number of aliphatic carboxylic acids is 1. The molecule has 0 aromatic heterocycles. The lowest BCUT2D eigenvalue weighted by Crippen LogP contribution is -2.50. The van der Waals surface area contributed by atoms with Crippen molar-refractivity contribution in [1.82, 2.24) is 0 Å². The number of alkyl halides is 5. The van der Waals surface area contributed by atoms with Gasteiger partial charge < -0.3 is 9.90 Å². The molecule has 0 fully saturated rings. The van der Waals surface area contributed by atoms with Crippen molar-refractivity contribution < 1.29 is 44.5 Å². The Labute approximate surface area is 98.7 Å². The van der Waals surface area contributed by atoms with Crippen LogP contribution in [0.3, 0.4) is 0 Å². The summed E-state index contributed by atoms with van der Waals surface area (Å²) in [6, 6.07) is 0. The average Bonchev–Trinajstić information content (AvgIpc) is 2.14. The maximum Gasteiger partial charge on any atom is 0.434 e. The molecule has 0 bridgehead atoms. The molecule has 0 heterocycles. The van der Waals surface area contributed by atoms with E-state index in [1.165, 1.54) is 0 Å². The van der Waals surface area contributed by atoms with E-state index in [4.69, 9.17) is 0 Å². The predicted octanol–water partition coefficient (Wildman–Crippen LogP) is 0.0589. The van der Waals surface area contributed by atoms with E-state index in [0.717, 1.165) is 6.92 Å². The fraction of sp³-hybridized carbons (Fsp3) is 0.857. The van der Waals surface area contributed by atoms with Crippen molar-refractivity contribution in [2.45, 2.75) is 30.6 Å². The number of rotatable bonds is 7. The molecule has 0 radical (unpaired) electrons. The Hall–Kier alpha value is -0.970. The molecular formula is C7H8F5O5S-. The zero-order valence-electron chi connectivity index (χ0n) is 8.83. The highest BCUT2D eigenvalue weighted by atomic mass is 32.2. The molecule has 1 unspecified atom stereocenters. The summed E-state index contributed by atoms with van der Waals surface area (Å²) < 4.78 is 87.4. The number of carboxylic acids is 1. The zero-order chi connectivity index (χ0) is 14.8. The molecule has 0 saturated heterocycles. The van der Waals surface area contributed by atoms with Gasteiger partial charge in [-0.25, -0.2) is 4.39 Å². The van der Waals surface area contributed by atoms with Gasteiger partial charge in [-0.05, 0) is 6.92 Å². The summed E-state index contributed by atoms with van der Waals surface area (Å²) in [6.45, 7) is -2.19. The van der Waals surface area contributed by atoms with Crippen molar-refractivity contribution >= 4 is 16.1 Å². The Morgan fingerprint density at radius 3 is 2.11 bits per heavy atom. The van der Waals surface area contributed by atoms with Crippen molar-refractivity contribution in [1.29, 1.82) is 0 Å². The van der Waals surface area contributed by atoms with Crippen molar-refractivity contribution in [3.8, 4) is 0 Å². The average molecular weight is 299 g/mol. The maximum absolute atomic E-state index is 12.8. The van der Waals surface area contributed by atoms with Crippen molar-refractivity contribution in [3.63, 3.8) is 0 Å². The van der Waals surface area contributed by atoms with Crippen molar-refractivity contribution in [2.75, 3.05) is 6.67 Å². The first-order chi connectivity index (χ1) is 7.87. The Bertz CT molecular complexity index is 406. The van der Waals surface area contributed by atoms with E-state index in [1.807, 2.05) is 0 Å². The lowest BCUT2D eigenvalue weighted by atomic mass is 10.3. The van der Waals surface area contributed by atoms with Crippen molar-refractivity contribution in [2.24, 2.45) is 0 Å². The molecule has 0 N–H and O–H groups in total. The number of halogens is 5. The Kier molecular flexibility index (Phi) is 5.06. The zero-order valence-corrected chi connectivity index (χ0v) is 9.65. The van der Waals surface area contributed by atoms with E-state index in [-0.39, 0.29) is 0 Å². The van der Waals surface area contributed by atoms with E-state index >= 15 is 0 Å². The van der Waals surface area contributed by atoms with E-state index in [2.05, 4.69) is 4.18 Å². The molecule has 0 aliphatic carbocycles. The van der Waals surface area contributed by atoms with Gasteiger partial charge in [0.05, 0.1) is 6.10 Å². The largest absolute Gasteiger partial charge is 0.550 e. The summed E-state index contributed by atoms with van der Waals surface area (Å²) in [5.41, 5.74) is 0. The van der Waals surface area contributed by atoms with Crippen LogP contribution in [0.25, 0.3) is 0 Å². The smallest absolute Gasteiger partial charge is 0.434 e. The van der Waals surface area contributed by atoms with Crippen LogP contribution in [-0.2, 0) is 19.1 Å². The first kappa shape index (κ1) is 17.0. The van der Waals surface area contributed by atoms with Crippen LogP contribution in [0.5, 0.6) is 0 Å². The van der Waals surface area contributed by atoms with Crippen LogP contribution in [0.2, 0.25) is 0 Å². The van der Waals surface area contributed by atoms with Crippen LogP contribution in [0.15, 0.2) is 0 Å². The summed E-state index contributed by atoms with van der Waals surface area (Å²) in [4.78, 5) is 10.0. The van der Waals surface area contributed by atoms with Gasteiger partial charge in [0.2, 0.25) is 0 Å². The van der Waals surface area contributed by atoms with E-state index in [0.29, 0.717) is 0 Å². The Balaban J connectivity index is 5.10. The summed E-state index contributed by atoms with van der Waals surface area (Å²) >= 11 is 0. The van der Waals surface area contributed by atoms with Gasteiger partial charge in [0, 0.05) is 12.4 Å². The molecule has 0 aromatic rings. The lowest BCUT2D eigenvalue weighted by molar-refractivity contribution is -0.307. The second-order valence-corrected chi connectivity index (χ2v) is 4.91. The van der Waals surface area contributed by atoms with Gasteiger partial charge in [0.15, 0.2) is 6.67 Å². The van der Waals surface area contributed by atoms with E-state index in [9.17, 15) is 40.3 Å². The van der Waals surface area contributed by atoms with Gasteiger partial charge in [-0.3, -0.25) is 4.18 Å². The molecule has 5 nitrogen and oxygen atoms in total. The summed E-state index contributed by atoms with van der Waals surface area (Å²) in [5.74, 6) is -7.31. The molecule has 11 heteroatoms. The molecule has 1 atom stereocenters. The minimum absolute atomic E-state index is 0.733. The number of carbonyl (C=O) groups is 1. The second-order valence-electron chi connectivity index (χ2n) is 3.29. The first-order valence-electron chi connectivity index (χ1n) is 4.31. The molecular weight excluding hydrogens is 291 g/mol. The fourth-order valence-electron chi connectivity index (χ4n) is 0.806. The van der Waals surface area contributed by atoms with E-state index < -0.39 is 46.5 Å². The summed E-state index contributed by atoms with van der Waals surface area (Å²) in [6.07, 6.45) is -2.97. The first-order valence-corrected chi connectivity index (χ1v) is 5.72. The highest BCUT2D eigenvalue weighted by Crippen LogP contribution is 2.40. The molecule has 0 rings (SSSR count). The normalized spacial score (nSPS) is 15.4. The quantitative estimate of drug-likeness (QED) is 0.490. The van der Waals surface area contributed by atoms with Crippen LogP contribution in [0.4, 0.5) is 22.0 Å². The standard InChI is InChI=1S/C7H9F5O5S/c1-4(2-5(13)14)17-18(15,16)7(11,12)6(9,10)3-8/h4H,2-3H2,1H3,(H,13,14)/p-1. The molecule has 18 heavy (non-hydrogen) atoms. The van der Waals surface area contributed by atoms with Crippen molar-refractivity contribution in [3.05, 3.63) is 0 Å². The summed E-state index contributed by atoms with van der Waals surface area (Å²) in [5, 5.41) is 4.21. The fourth-order valence-corrected chi connectivity index (χ4v) is 1.85. The van der Waals surface area contributed by atoms with Crippen LogP contribution in [-0.4, -0.2) is 38.3 Å². The van der Waals surface area contributed by atoms with Gasteiger partial charge in [0.25, 0.3) is 0 Å². The van der Waals surface area contributed by atoms with Crippen LogP contribution < -0.4 is 5.11 Å². The lowest BCUT2D eigenvalue weighted by Gasteiger charge is -2.24. The Morgan fingerprint density at radius 2 is 1.78 bits per heavy atom. The molecule has 0 aliphatic rings. The third-order valence-electron chi connectivity index (χ3n) is 1.65. The topological polar surface area (TPSA) is 83.5 Å². The maximum atomic E-state index is 12.8. The van der Waals surface area contributed by atoms with Crippen LogP contribution >= 0.6 is 0 Å². The third-order valence-corrected chi connectivity index (χ3v) is 3.16. The predicted molar refractivity (Wildman–Crippen MR) is 45.0 cm³/mol. The van der Waals surface area contributed by atoms with Crippen LogP contribution in [0.1, 0.15) is 13.3 Å². The SMILES string of the molecule is CC(CC(=O)[O-])OS(=O)(=O)C(F)(F)C(F)(F)CF. The highest BCUT2D eigenvalue weighted by Gasteiger charge is 2.67. The minimum atomic E-state index is -6.19. The molecule has 0 saturated carbocycles. The van der Waals surface area contributed by atoms with Gasteiger partial charge in [-0.2, -0.15) is 26.0 Å². The van der Waals surface area contributed by atoms with Gasteiger partial charge in [-0.1, -0.05) is 0 Å². The minimum Gasteiger partial charge on any atom is -0.550 e. The Morgan fingerprint density at radius 1 is 1.33 bits per heavy atom. The molecule has 0 spiro atoms. The monoisotopic (exact) mass is 299 g/mol. The van der Waals surface area contributed by atoms with Crippen LogP contribution in [0, 0.1) is 0 Å². The third kappa shape index (κ3) is 3.51. The molecule has 0 amide bonds. The van der Waals surface area contributed by atoms with Gasteiger partial charge in [0.1, 0.15) is 0 Å². The number of carboxylic acid groups (broad SMARTS) is 1. The molecule has 0 aromatic carbocycles. The van der Waals surface area contributed by atoms with Gasteiger partial charge in [-0.15, -0.1) is 0 Å². The van der Waals surface area contributed by atoms with E-state index in [1.54, 1.807) is 0 Å². The number of carbonyl (C=O) groups excluding carboxylic acids is 1. The highest BCUT2D eigenvalue weighted by molar-refractivity contribution is 7.87.